The molecule has 0 radical (unpaired) electrons. The SMILES string of the molecule is Nc1cccc(NC2CCOCC2Cl)c1. The molecule has 1 aliphatic heterocycles. The van der Waals surface area contributed by atoms with E-state index in [1.54, 1.807) is 0 Å². The first-order valence-electron chi connectivity index (χ1n) is 5.09. The second kappa shape index (κ2) is 4.73. The maximum absolute atomic E-state index is 6.15. The van der Waals surface area contributed by atoms with Crippen LogP contribution in [0.1, 0.15) is 6.42 Å². The Labute approximate surface area is 94.6 Å². The first-order valence-corrected chi connectivity index (χ1v) is 5.53. The molecular formula is C11H15ClN2O. The minimum atomic E-state index is 0.0279. The largest absolute Gasteiger partial charge is 0.399 e. The highest BCUT2D eigenvalue weighted by Crippen LogP contribution is 2.20. The molecule has 0 bridgehead atoms. The van der Waals surface area contributed by atoms with E-state index in [2.05, 4.69) is 5.32 Å². The summed E-state index contributed by atoms with van der Waals surface area (Å²) in [6.45, 7) is 1.38. The summed E-state index contributed by atoms with van der Waals surface area (Å²) < 4.78 is 5.28. The van der Waals surface area contributed by atoms with Gasteiger partial charge in [0, 0.05) is 24.0 Å². The molecule has 82 valence electrons. The lowest BCUT2D eigenvalue weighted by atomic mass is 10.1. The summed E-state index contributed by atoms with van der Waals surface area (Å²) in [6.07, 6.45) is 0.933. The van der Waals surface area contributed by atoms with E-state index in [4.69, 9.17) is 22.1 Å². The van der Waals surface area contributed by atoms with Crippen molar-refractivity contribution in [2.45, 2.75) is 17.8 Å². The van der Waals surface area contributed by atoms with E-state index in [0.717, 1.165) is 24.4 Å². The number of hydrogen-bond donors (Lipinski definition) is 2. The van der Waals surface area contributed by atoms with Gasteiger partial charge < -0.3 is 15.8 Å². The summed E-state index contributed by atoms with van der Waals surface area (Å²) in [5, 5.41) is 3.41. The molecule has 2 atom stereocenters. The molecule has 2 rings (SSSR count). The van der Waals surface area contributed by atoms with Crippen molar-refractivity contribution in [3.8, 4) is 0 Å². The summed E-state index contributed by atoms with van der Waals surface area (Å²) in [6, 6.07) is 7.98. The van der Waals surface area contributed by atoms with E-state index in [0.29, 0.717) is 6.61 Å². The highest BCUT2D eigenvalue weighted by atomic mass is 35.5. The fraction of sp³-hybridized carbons (Fsp3) is 0.455. The number of halogens is 1. The van der Waals surface area contributed by atoms with Crippen LogP contribution >= 0.6 is 11.6 Å². The predicted molar refractivity (Wildman–Crippen MR) is 63.3 cm³/mol. The lowest BCUT2D eigenvalue weighted by Crippen LogP contribution is -2.38. The van der Waals surface area contributed by atoms with E-state index in [1.807, 2.05) is 24.3 Å². The van der Waals surface area contributed by atoms with Gasteiger partial charge in [0.2, 0.25) is 0 Å². The van der Waals surface area contributed by atoms with Gasteiger partial charge in [0.05, 0.1) is 12.0 Å². The number of hydrogen-bond acceptors (Lipinski definition) is 3. The summed E-state index contributed by atoms with van der Waals surface area (Å²) in [5.41, 5.74) is 7.48. The third-order valence-electron chi connectivity index (χ3n) is 2.53. The van der Waals surface area contributed by atoms with Crippen LogP contribution in [0.2, 0.25) is 0 Å². The van der Waals surface area contributed by atoms with Gasteiger partial charge in [0.15, 0.2) is 0 Å². The standard InChI is InChI=1S/C11H15ClN2O/c12-10-7-15-5-4-11(10)14-9-3-1-2-8(13)6-9/h1-3,6,10-11,14H,4-5,7,13H2. The average Bonchev–Trinajstić information content (AvgIpc) is 2.22. The Hall–Kier alpha value is -0.930. The molecule has 1 saturated heterocycles. The maximum atomic E-state index is 6.15. The molecule has 1 aromatic carbocycles. The molecule has 3 nitrogen and oxygen atoms in total. The normalized spacial score (nSPS) is 26.2. The molecule has 3 N–H and O–H groups in total. The van der Waals surface area contributed by atoms with Crippen LogP contribution in [0.3, 0.4) is 0 Å². The van der Waals surface area contributed by atoms with E-state index in [1.165, 1.54) is 0 Å². The van der Waals surface area contributed by atoms with Crippen LogP contribution in [-0.2, 0) is 4.74 Å². The smallest absolute Gasteiger partial charge is 0.0771 e. The average molecular weight is 227 g/mol. The van der Waals surface area contributed by atoms with Crippen molar-refractivity contribution in [2.24, 2.45) is 0 Å². The molecule has 2 unspecified atom stereocenters. The van der Waals surface area contributed by atoms with Gasteiger partial charge in [-0.3, -0.25) is 0 Å². The molecule has 1 aromatic rings. The third-order valence-corrected chi connectivity index (χ3v) is 2.96. The van der Waals surface area contributed by atoms with Crippen LogP contribution in [0.15, 0.2) is 24.3 Å². The van der Waals surface area contributed by atoms with Gasteiger partial charge in [-0.25, -0.2) is 0 Å². The van der Waals surface area contributed by atoms with Gasteiger partial charge in [0.1, 0.15) is 0 Å². The van der Waals surface area contributed by atoms with Gasteiger partial charge in [-0.2, -0.15) is 0 Å². The number of nitrogens with two attached hydrogens (primary N) is 1. The monoisotopic (exact) mass is 226 g/mol. The Morgan fingerprint density at radius 1 is 1.47 bits per heavy atom. The Kier molecular flexibility index (Phi) is 3.34. The molecule has 0 saturated carbocycles. The van der Waals surface area contributed by atoms with Crippen LogP contribution < -0.4 is 11.1 Å². The summed E-state index contributed by atoms with van der Waals surface area (Å²) in [4.78, 5) is 0. The van der Waals surface area contributed by atoms with Gasteiger partial charge in [0.25, 0.3) is 0 Å². The fourth-order valence-corrected chi connectivity index (χ4v) is 1.99. The van der Waals surface area contributed by atoms with Crippen LogP contribution in [0, 0.1) is 0 Å². The Morgan fingerprint density at radius 2 is 2.33 bits per heavy atom. The van der Waals surface area contributed by atoms with Crippen LogP contribution in [-0.4, -0.2) is 24.6 Å². The highest BCUT2D eigenvalue weighted by Gasteiger charge is 2.23. The molecular weight excluding hydrogens is 212 g/mol. The second-order valence-corrected chi connectivity index (χ2v) is 4.32. The summed E-state index contributed by atoms with van der Waals surface area (Å²) in [5.74, 6) is 0. The predicted octanol–water partition coefficient (Wildman–Crippen LogP) is 2.08. The lowest BCUT2D eigenvalue weighted by molar-refractivity contribution is 0.0935. The van der Waals surface area contributed by atoms with Crippen molar-refractivity contribution in [1.29, 1.82) is 0 Å². The number of nitrogens with one attached hydrogen (secondary N) is 1. The Morgan fingerprint density at radius 3 is 3.07 bits per heavy atom. The molecule has 1 fully saturated rings. The molecule has 1 heterocycles. The van der Waals surface area contributed by atoms with Crippen LogP contribution in [0.4, 0.5) is 11.4 Å². The first-order chi connectivity index (χ1) is 7.25. The quantitative estimate of drug-likeness (QED) is 0.600. The number of anilines is 2. The van der Waals surface area contributed by atoms with Crippen molar-refractivity contribution in [3.05, 3.63) is 24.3 Å². The van der Waals surface area contributed by atoms with Gasteiger partial charge >= 0.3 is 0 Å². The van der Waals surface area contributed by atoms with Crippen LogP contribution in [0.5, 0.6) is 0 Å². The van der Waals surface area contributed by atoms with Crippen molar-refractivity contribution in [1.82, 2.24) is 0 Å². The molecule has 0 spiro atoms. The Bertz CT molecular complexity index is 332. The zero-order valence-electron chi connectivity index (χ0n) is 8.45. The number of rotatable bonds is 2. The van der Waals surface area contributed by atoms with E-state index in [-0.39, 0.29) is 11.4 Å². The molecule has 0 aliphatic carbocycles. The molecule has 0 amide bonds. The van der Waals surface area contributed by atoms with Gasteiger partial charge in [-0.1, -0.05) is 6.07 Å². The molecule has 1 aliphatic rings. The fourth-order valence-electron chi connectivity index (χ4n) is 1.71. The number of alkyl halides is 1. The van der Waals surface area contributed by atoms with Crippen molar-refractivity contribution in [2.75, 3.05) is 24.3 Å². The van der Waals surface area contributed by atoms with E-state index >= 15 is 0 Å². The van der Waals surface area contributed by atoms with Crippen molar-refractivity contribution in [3.63, 3.8) is 0 Å². The van der Waals surface area contributed by atoms with Crippen molar-refractivity contribution < 1.29 is 4.74 Å². The van der Waals surface area contributed by atoms with E-state index < -0.39 is 0 Å². The molecule has 15 heavy (non-hydrogen) atoms. The van der Waals surface area contributed by atoms with Gasteiger partial charge in [-0.15, -0.1) is 11.6 Å². The zero-order valence-corrected chi connectivity index (χ0v) is 9.20. The van der Waals surface area contributed by atoms with Crippen LogP contribution in [0.25, 0.3) is 0 Å². The minimum absolute atomic E-state index is 0.0279. The summed E-state index contributed by atoms with van der Waals surface area (Å²) in [7, 11) is 0. The third kappa shape index (κ3) is 2.76. The minimum Gasteiger partial charge on any atom is -0.399 e. The zero-order chi connectivity index (χ0) is 10.7. The molecule has 4 heteroatoms. The number of nitrogen functional groups attached to an aromatic ring is 1. The number of ether oxygens (including phenoxy) is 1. The molecule has 0 aromatic heterocycles. The second-order valence-electron chi connectivity index (χ2n) is 3.76. The van der Waals surface area contributed by atoms with E-state index in [9.17, 15) is 0 Å². The van der Waals surface area contributed by atoms with Crippen molar-refractivity contribution >= 4 is 23.0 Å². The maximum Gasteiger partial charge on any atom is 0.0771 e. The Balaban J connectivity index is 2.01. The first kappa shape index (κ1) is 10.6. The summed E-state index contributed by atoms with van der Waals surface area (Å²) >= 11 is 6.15. The lowest BCUT2D eigenvalue weighted by Gasteiger charge is -2.28. The highest BCUT2D eigenvalue weighted by molar-refractivity contribution is 6.21. The van der Waals surface area contributed by atoms with Gasteiger partial charge in [-0.05, 0) is 24.6 Å². The topological polar surface area (TPSA) is 47.3 Å². The number of benzene rings is 1.